The summed E-state index contributed by atoms with van der Waals surface area (Å²) in [5, 5.41) is -0.649. The molecule has 0 aromatic carbocycles. The molecule has 0 spiro atoms. The van der Waals surface area contributed by atoms with Gasteiger partial charge in [-0.1, -0.05) is 162 Å². The van der Waals surface area contributed by atoms with Crippen LogP contribution >= 0.6 is 0 Å². The van der Waals surface area contributed by atoms with Crippen molar-refractivity contribution in [1.29, 1.82) is 0 Å². The molecule has 0 saturated heterocycles. The molecule has 0 fully saturated rings. The summed E-state index contributed by atoms with van der Waals surface area (Å²) >= 11 is 0. The van der Waals surface area contributed by atoms with Gasteiger partial charge < -0.3 is 4.55 Å². The minimum absolute atomic E-state index is 0. The van der Waals surface area contributed by atoms with Crippen LogP contribution < -0.4 is 29.6 Å². The fraction of sp³-hybridized carbons (Fsp3) is 1.00. The Bertz CT molecular complexity index is 468. The van der Waals surface area contributed by atoms with Crippen LogP contribution in [-0.4, -0.2) is 18.2 Å². The van der Waals surface area contributed by atoms with Gasteiger partial charge in [0.1, 0.15) is 0 Å². The summed E-state index contributed by atoms with van der Waals surface area (Å²) in [6.45, 7) is 4.51. The first kappa shape index (κ1) is 36.1. The Hall–Kier alpha value is 0.910. The molecule has 0 amide bonds. The van der Waals surface area contributed by atoms with E-state index in [2.05, 4.69) is 13.8 Å². The average Bonchev–Trinajstić information content (AvgIpc) is 2.75. The van der Waals surface area contributed by atoms with Gasteiger partial charge in [0.05, 0.1) is 10.1 Å². The molecular weight excluding hydrogens is 439 g/mol. The minimum atomic E-state index is -4.14. The van der Waals surface area contributed by atoms with Gasteiger partial charge in [0, 0.05) is 5.25 Å². The monoisotopic (exact) mass is 496 g/mol. The molecule has 0 aromatic heterocycles. The molecule has 0 saturated carbocycles. The van der Waals surface area contributed by atoms with Crippen molar-refractivity contribution < 1.29 is 42.5 Å². The normalized spacial score (nSPS) is 12.6. The van der Waals surface area contributed by atoms with Crippen LogP contribution in [0, 0.1) is 0 Å². The largest absolute Gasteiger partial charge is 1.00 e. The fourth-order valence-electron chi connectivity index (χ4n) is 4.68. The first-order valence-corrected chi connectivity index (χ1v) is 15.9. The summed E-state index contributed by atoms with van der Waals surface area (Å²) in [6, 6.07) is 0. The van der Waals surface area contributed by atoms with Crippen molar-refractivity contribution in [3.05, 3.63) is 0 Å². The van der Waals surface area contributed by atoms with E-state index in [9.17, 15) is 13.0 Å². The van der Waals surface area contributed by atoms with E-state index in [0.29, 0.717) is 12.8 Å². The van der Waals surface area contributed by atoms with Gasteiger partial charge in [-0.15, -0.1) is 0 Å². The van der Waals surface area contributed by atoms with Crippen LogP contribution in [-0.2, 0) is 10.1 Å². The Morgan fingerprint density at radius 1 is 0.455 bits per heavy atom. The van der Waals surface area contributed by atoms with Gasteiger partial charge in [-0.25, -0.2) is 8.42 Å². The van der Waals surface area contributed by atoms with Crippen LogP contribution in [0.1, 0.15) is 174 Å². The zero-order valence-electron chi connectivity index (χ0n) is 22.9. The second-order valence-electron chi connectivity index (χ2n) is 10.1. The van der Waals surface area contributed by atoms with Crippen LogP contribution in [0.25, 0.3) is 0 Å². The van der Waals surface area contributed by atoms with Crippen LogP contribution in [0.3, 0.4) is 0 Å². The Morgan fingerprint density at radius 3 is 0.879 bits per heavy atom. The molecule has 5 heteroatoms. The maximum absolute atomic E-state index is 11.6. The van der Waals surface area contributed by atoms with Crippen molar-refractivity contribution in [3.8, 4) is 0 Å². The van der Waals surface area contributed by atoms with E-state index in [1.54, 1.807) is 0 Å². The quantitative estimate of drug-likeness (QED) is 0.0761. The third kappa shape index (κ3) is 27.3. The average molecular weight is 497 g/mol. The molecule has 0 aliphatic carbocycles. The topological polar surface area (TPSA) is 57.2 Å². The summed E-state index contributed by atoms with van der Waals surface area (Å²) < 4.78 is 34.9. The SMILES string of the molecule is CCCCCCCCCCCCCCCC(CCCCCCCCCCCC)S(=O)(=O)[O-].[Na+]. The van der Waals surface area contributed by atoms with E-state index in [4.69, 9.17) is 0 Å². The van der Waals surface area contributed by atoms with Gasteiger partial charge >= 0.3 is 29.6 Å². The molecule has 0 radical (unpaired) electrons. The van der Waals surface area contributed by atoms with E-state index in [1.807, 2.05) is 0 Å². The van der Waals surface area contributed by atoms with Gasteiger partial charge in [0.2, 0.25) is 0 Å². The zero-order valence-corrected chi connectivity index (χ0v) is 25.7. The van der Waals surface area contributed by atoms with E-state index in [0.717, 1.165) is 25.7 Å². The van der Waals surface area contributed by atoms with Crippen LogP contribution in [0.2, 0.25) is 0 Å². The summed E-state index contributed by atoms with van der Waals surface area (Å²) in [7, 11) is -4.14. The maximum Gasteiger partial charge on any atom is 1.00 e. The Morgan fingerprint density at radius 2 is 0.667 bits per heavy atom. The van der Waals surface area contributed by atoms with E-state index in [-0.39, 0.29) is 29.6 Å². The van der Waals surface area contributed by atoms with Crippen LogP contribution in [0.4, 0.5) is 0 Å². The second-order valence-corrected chi connectivity index (χ2v) is 11.8. The molecule has 0 N–H and O–H groups in total. The Balaban J connectivity index is 0. The fourth-order valence-corrected chi connectivity index (χ4v) is 5.59. The van der Waals surface area contributed by atoms with E-state index in [1.165, 1.54) is 122 Å². The molecule has 0 rings (SSSR count). The molecule has 0 aliphatic heterocycles. The predicted molar refractivity (Wildman–Crippen MR) is 140 cm³/mol. The third-order valence-corrected chi connectivity index (χ3v) is 8.21. The van der Waals surface area contributed by atoms with Crippen LogP contribution in [0.15, 0.2) is 0 Å². The van der Waals surface area contributed by atoms with Crippen molar-refractivity contribution in [1.82, 2.24) is 0 Å². The molecule has 194 valence electrons. The molecule has 0 heterocycles. The molecule has 33 heavy (non-hydrogen) atoms. The third-order valence-electron chi connectivity index (χ3n) is 6.92. The number of rotatable bonds is 26. The van der Waals surface area contributed by atoms with Crippen molar-refractivity contribution >= 4 is 10.1 Å². The van der Waals surface area contributed by atoms with Crippen molar-refractivity contribution in [2.45, 2.75) is 180 Å². The zero-order chi connectivity index (χ0) is 23.8. The summed E-state index contributed by atoms with van der Waals surface area (Å²) in [5.41, 5.74) is 0. The van der Waals surface area contributed by atoms with Gasteiger partial charge in [-0.05, 0) is 12.8 Å². The van der Waals surface area contributed by atoms with Crippen molar-refractivity contribution in [2.24, 2.45) is 0 Å². The predicted octanol–water partition coefficient (Wildman–Crippen LogP) is 6.70. The summed E-state index contributed by atoms with van der Waals surface area (Å²) in [6.07, 6.45) is 30.2. The van der Waals surface area contributed by atoms with E-state index >= 15 is 0 Å². The first-order chi connectivity index (χ1) is 15.5. The molecule has 1 atom stereocenters. The molecule has 3 nitrogen and oxygen atoms in total. The maximum atomic E-state index is 11.6. The van der Waals surface area contributed by atoms with Gasteiger partial charge in [0.25, 0.3) is 0 Å². The minimum Gasteiger partial charge on any atom is -0.748 e. The number of hydrogen-bond acceptors (Lipinski definition) is 3. The summed E-state index contributed by atoms with van der Waals surface area (Å²) in [4.78, 5) is 0. The van der Waals surface area contributed by atoms with Crippen molar-refractivity contribution in [2.75, 3.05) is 0 Å². The van der Waals surface area contributed by atoms with Gasteiger partial charge in [0.15, 0.2) is 0 Å². The smallest absolute Gasteiger partial charge is 0.748 e. The Labute approximate surface area is 231 Å². The molecular formula is C28H57NaO3S. The van der Waals surface area contributed by atoms with E-state index < -0.39 is 15.4 Å². The Kier molecular flexibility index (Phi) is 30.1. The molecule has 0 bridgehead atoms. The number of unbranched alkanes of at least 4 members (excludes halogenated alkanes) is 21. The molecule has 0 aromatic rings. The van der Waals surface area contributed by atoms with Gasteiger partial charge in [-0.2, -0.15) is 0 Å². The second kappa shape index (κ2) is 27.5. The molecule has 1 unspecified atom stereocenters. The van der Waals surface area contributed by atoms with Crippen molar-refractivity contribution in [3.63, 3.8) is 0 Å². The van der Waals surface area contributed by atoms with Crippen LogP contribution in [0.5, 0.6) is 0 Å². The first-order valence-electron chi connectivity index (χ1n) is 14.5. The number of hydrogen-bond donors (Lipinski definition) is 0. The standard InChI is InChI=1S/C28H58O3S.Na/c1-3-5-7-9-11-13-15-16-17-19-21-23-25-27-28(32(29,30)31)26-24-22-20-18-14-12-10-8-6-4-2;/h28H,3-27H2,1-2H3,(H,29,30,31);/q;+1/p-1. The van der Waals surface area contributed by atoms with Gasteiger partial charge in [-0.3, -0.25) is 0 Å². The molecule has 0 aliphatic rings. The summed E-state index contributed by atoms with van der Waals surface area (Å²) in [5.74, 6) is 0.